The van der Waals surface area contributed by atoms with Gasteiger partial charge in [-0.05, 0) is 23.7 Å². The van der Waals surface area contributed by atoms with Crippen LogP contribution in [0.5, 0.6) is 11.8 Å². The summed E-state index contributed by atoms with van der Waals surface area (Å²) in [4.78, 5) is 10.7. The molecule has 2 rings (SSSR count). The Hall–Kier alpha value is -1.68. The van der Waals surface area contributed by atoms with Gasteiger partial charge in [0.25, 0.3) is 0 Å². The van der Waals surface area contributed by atoms with E-state index < -0.39 is 5.24 Å². The third-order valence-electron chi connectivity index (χ3n) is 2.20. The second-order valence-corrected chi connectivity index (χ2v) is 3.56. The van der Waals surface area contributed by atoms with Crippen LogP contribution in [-0.2, 0) is 11.3 Å². The average Bonchev–Trinajstić information content (AvgIpc) is 2.44. The smallest absolute Gasteiger partial charge is 0.241 e. The molecule has 2 N–H and O–H groups in total. The van der Waals surface area contributed by atoms with Crippen LogP contribution in [0.4, 0.5) is 0 Å². The molecule has 1 aromatic heterocycles. The molecule has 1 heterocycles. The molecule has 2 aromatic rings. The van der Waals surface area contributed by atoms with Crippen molar-refractivity contribution < 1.29 is 15.0 Å². The number of aromatic hydroxyl groups is 2. The molecule has 1 aromatic carbocycles. The summed E-state index contributed by atoms with van der Waals surface area (Å²) in [6.07, 6.45) is 0. The van der Waals surface area contributed by atoms with Crippen molar-refractivity contribution in [2.45, 2.75) is 6.54 Å². The molecule has 0 saturated carbocycles. The van der Waals surface area contributed by atoms with E-state index in [1.54, 1.807) is 24.3 Å². The Balaban J connectivity index is 2.69. The molecule has 0 spiro atoms. The van der Waals surface area contributed by atoms with Crippen molar-refractivity contribution >= 4 is 27.6 Å². The fourth-order valence-corrected chi connectivity index (χ4v) is 1.66. The van der Waals surface area contributed by atoms with E-state index in [-0.39, 0.29) is 18.3 Å². The Labute approximate surface area is 90.3 Å². The number of nitrogens with zero attached hydrogens (tertiary/aromatic N) is 1. The first kappa shape index (κ1) is 9.86. The molecule has 78 valence electrons. The molecule has 0 saturated heterocycles. The minimum Gasteiger partial charge on any atom is -0.494 e. The van der Waals surface area contributed by atoms with Gasteiger partial charge in [-0.2, -0.15) is 0 Å². The number of fused-ring (bicyclic) bond motifs is 1. The number of rotatable bonds is 2. The van der Waals surface area contributed by atoms with Crippen LogP contribution in [0, 0.1) is 0 Å². The van der Waals surface area contributed by atoms with Crippen LogP contribution >= 0.6 is 11.6 Å². The van der Waals surface area contributed by atoms with E-state index in [2.05, 4.69) is 0 Å². The lowest BCUT2D eigenvalue weighted by Crippen LogP contribution is -2.02. The van der Waals surface area contributed by atoms with Gasteiger partial charge in [-0.15, -0.1) is 0 Å². The van der Waals surface area contributed by atoms with Crippen LogP contribution in [-0.4, -0.2) is 20.0 Å². The summed E-state index contributed by atoms with van der Waals surface area (Å²) in [5.74, 6) is -0.311. The van der Waals surface area contributed by atoms with Crippen molar-refractivity contribution in [3.63, 3.8) is 0 Å². The SMILES string of the molecule is O=C(Cl)Cn1c(O)c2ccccc2c1O. The van der Waals surface area contributed by atoms with Gasteiger partial charge in [-0.3, -0.25) is 9.36 Å². The molecule has 0 bridgehead atoms. The Kier molecular flexibility index (Phi) is 2.28. The number of benzene rings is 1. The lowest BCUT2D eigenvalue weighted by atomic mass is 10.2. The molecule has 0 unspecified atom stereocenters. The third-order valence-corrected chi connectivity index (χ3v) is 2.32. The molecule has 0 amide bonds. The first-order valence-corrected chi connectivity index (χ1v) is 4.66. The highest BCUT2D eigenvalue weighted by Crippen LogP contribution is 2.35. The summed E-state index contributed by atoms with van der Waals surface area (Å²) in [7, 11) is 0. The minimum atomic E-state index is -0.652. The van der Waals surface area contributed by atoms with Gasteiger partial charge >= 0.3 is 0 Å². The lowest BCUT2D eigenvalue weighted by Gasteiger charge is -2.01. The van der Waals surface area contributed by atoms with E-state index in [0.717, 1.165) is 4.57 Å². The molecule has 5 heteroatoms. The second kappa shape index (κ2) is 3.47. The molecule has 0 aliphatic carbocycles. The molecular weight excluding hydrogens is 218 g/mol. The average molecular weight is 226 g/mol. The Bertz CT molecular complexity index is 494. The maximum atomic E-state index is 10.7. The summed E-state index contributed by atoms with van der Waals surface area (Å²) in [6, 6.07) is 6.77. The minimum absolute atomic E-state index is 0.155. The highest BCUT2D eigenvalue weighted by atomic mass is 35.5. The van der Waals surface area contributed by atoms with Crippen LogP contribution in [0.3, 0.4) is 0 Å². The largest absolute Gasteiger partial charge is 0.494 e. The first-order chi connectivity index (χ1) is 7.11. The van der Waals surface area contributed by atoms with E-state index in [1.165, 1.54) is 0 Å². The van der Waals surface area contributed by atoms with E-state index in [0.29, 0.717) is 10.8 Å². The Morgan fingerprint density at radius 2 is 1.67 bits per heavy atom. The van der Waals surface area contributed by atoms with E-state index in [9.17, 15) is 15.0 Å². The van der Waals surface area contributed by atoms with E-state index in [1.807, 2.05) is 0 Å². The third kappa shape index (κ3) is 1.53. The number of carbonyl (C=O) groups excluding carboxylic acids is 1. The van der Waals surface area contributed by atoms with Crippen LogP contribution < -0.4 is 0 Å². The Morgan fingerprint density at radius 3 is 2.07 bits per heavy atom. The van der Waals surface area contributed by atoms with E-state index >= 15 is 0 Å². The fourth-order valence-electron chi connectivity index (χ4n) is 1.54. The summed E-state index contributed by atoms with van der Waals surface area (Å²) >= 11 is 5.20. The molecule has 0 fully saturated rings. The summed E-state index contributed by atoms with van der Waals surface area (Å²) in [5.41, 5.74) is 0. The van der Waals surface area contributed by atoms with Gasteiger partial charge in [0.15, 0.2) is 0 Å². The first-order valence-electron chi connectivity index (χ1n) is 4.28. The summed E-state index contributed by atoms with van der Waals surface area (Å²) < 4.78 is 1.07. The quantitative estimate of drug-likeness (QED) is 0.767. The van der Waals surface area contributed by atoms with Gasteiger partial charge in [0.05, 0.1) is 0 Å². The molecular formula is C10H8ClNO3. The van der Waals surface area contributed by atoms with Crippen molar-refractivity contribution in [1.29, 1.82) is 0 Å². The van der Waals surface area contributed by atoms with Crippen LogP contribution in [0.2, 0.25) is 0 Å². The van der Waals surface area contributed by atoms with Gasteiger partial charge in [0, 0.05) is 10.8 Å². The number of aromatic nitrogens is 1. The molecule has 0 aliphatic heterocycles. The Morgan fingerprint density at radius 1 is 1.20 bits per heavy atom. The van der Waals surface area contributed by atoms with Gasteiger partial charge in [0.1, 0.15) is 6.54 Å². The molecule has 0 aliphatic rings. The maximum absolute atomic E-state index is 10.7. The van der Waals surface area contributed by atoms with Crippen molar-refractivity contribution in [1.82, 2.24) is 4.57 Å². The topological polar surface area (TPSA) is 62.5 Å². The lowest BCUT2D eigenvalue weighted by molar-refractivity contribution is -0.112. The monoisotopic (exact) mass is 225 g/mol. The van der Waals surface area contributed by atoms with Gasteiger partial charge in [-0.25, -0.2) is 0 Å². The summed E-state index contributed by atoms with van der Waals surface area (Å²) in [5, 5.41) is 19.8. The second-order valence-electron chi connectivity index (χ2n) is 3.13. The van der Waals surface area contributed by atoms with Gasteiger partial charge in [0.2, 0.25) is 17.0 Å². The normalized spacial score (nSPS) is 10.7. The van der Waals surface area contributed by atoms with Gasteiger partial charge in [-0.1, -0.05) is 12.1 Å². The predicted molar refractivity (Wildman–Crippen MR) is 56.1 cm³/mol. The zero-order chi connectivity index (χ0) is 11.0. The summed E-state index contributed by atoms with van der Waals surface area (Å²) in [6.45, 7) is -0.256. The van der Waals surface area contributed by atoms with Gasteiger partial charge < -0.3 is 10.2 Å². The zero-order valence-corrected chi connectivity index (χ0v) is 8.40. The number of hydrogen-bond donors (Lipinski definition) is 2. The van der Waals surface area contributed by atoms with Crippen molar-refractivity contribution in [3.05, 3.63) is 24.3 Å². The number of hydrogen-bond acceptors (Lipinski definition) is 3. The molecule has 0 radical (unpaired) electrons. The predicted octanol–water partition coefficient (Wildman–Crippen LogP) is 1.82. The van der Waals surface area contributed by atoms with Crippen LogP contribution in [0.25, 0.3) is 10.8 Å². The molecule has 0 atom stereocenters. The highest BCUT2D eigenvalue weighted by molar-refractivity contribution is 6.63. The highest BCUT2D eigenvalue weighted by Gasteiger charge is 2.16. The van der Waals surface area contributed by atoms with Crippen molar-refractivity contribution in [2.24, 2.45) is 0 Å². The molecule has 4 nitrogen and oxygen atoms in total. The van der Waals surface area contributed by atoms with E-state index in [4.69, 9.17) is 11.6 Å². The molecule has 15 heavy (non-hydrogen) atoms. The zero-order valence-electron chi connectivity index (χ0n) is 7.64. The van der Waals surface area contributed by atoms with Crippen LogP contribution in [0.1, 0.15) is 0 Å². The maximum Gasteiger partial charge on any atom is 0.241 e. The van der Waals surface area contributed by atoms with Crippen molar-refractivity contribution in [3.8, 4) is 11.8 Å². The standard InChI is InChI=1S/C10H8ClNO3/c11-8(13)5-12-9(14)6-3-1-2-4-7(6)10(12)15/h1-4,14-15H,5H2. The number of halogens is 1. The van der Waals surface area contributed by atoms with Crippen LogP contribution in [0.15, 0.2) is 24.3 Å². The van der Waals surface area contributed by atoms with Crippen molar-refractivity contribution in [2.75, 3.05) is 0 Å². The number of carbonyl (C=O) groups is 1. The fraction of sp³-hybridized carbons (Fsp3) is 0.100.